The molecule has 26 heavy (non-hydrogen) atoms. The number of benzene rings is 2. The van der Waals surface area contributed by atoms with Gasteiger partial charge in [0.25, 0.3) is 5.91 Å². The molecule has 0 aliphatic heterocycles. The molecule has 3 rings (SSSR count). The third-order valence-corrected chi connectivity index (χ3v) is 6.33. The lowest BCUT2D eigenvalue weighted by atomic mass is 10.1. The molecule has 0 spiro atoms. The normalized spacial score (nSPS) is 12.1. The van der Waals surface area contributed by atoms with E-state index in [9.17, 15) is 13.2 Å². The molecule has 0 saturated heterocycles. The van der Waals surface area contributed by atoms with Gasteiger partial charge in [-0.25, -0.2) is 13.8 Å². The summed E-state index contributed by atoms with van der Waals surface area (Å²) in [6.07, 6.45) is 1.51. The quantitative estimate of drug-likeness (QED) is 0.522. The van der Waals surface area contributed by atoms with E-state index in [0.29, 0.717) is 0 Å². The highest BCUT2D eigenvalue weighted by Crippen LogP contribution is 2.21. The molecule has 3 aromatic rings. The van der Waals surface area contributed by atoms with E-state index in [0.717, 1.165) is 20.0 Å². The number of nitrogens with zero attached hydrogens (tertiary/aromatic N) is 2. The van der Waals surface area contributed by atoms with Crippen LogP contribution in [0.1, 0.15) is 4.88 Å². The Hall–Kier alpha value is -2.55. The minimum absolute atomic E-state index is 0.147. The lowest BCUT2D eigenvalue weighted by molar-refractivity contribution is -0.121. The first-order valence-corrected chi connectivity index (χ1v) is 10.1. The van der Waals surface area contributed by atoms with Gasteiger partial charge in [-0.15, -0.1) is 11.3 Å². The molecule has 1 aromatic heterocycles. The van der Waals surface area contributed by atoms with E-state index in [1.807, 2.05) is 41.8 Å². The smallest absolute Gasteiger partial charge is 0.255 e. The average Bonchev–Trinajstić information content (AvgIpc) is 3.14. The number of rotatable bonds is 6. The van der Waals surface area contributed by atoms with Crippen LogP contribution in [0.2, 0.25) is 0 Å². The van der Waals surface area contributed by atoms with E-state index in [2.05, 4.69) is 10.5 Å². The van der Waals surface area contributed by atoms with Crippen LogP contribution in [0.4, 0.5) is 0 Å². The Morgan fingerprint density at radius 1 is 1.15 bits per heavy atom. The van der Waals surface area contributed by atoms with Crippen molar-refractivity contribution in [2.75, 3.05) is 13.6 Å². The predicted octanol–water partition coefficient (Wildman–Crippen LogP) is 2.67. The highest BCUT2D eigenvalue weighted by Gasteiger charge is 2.23. The van der Waals surface area contributed by atoms with Crippen molar-refractivity contribution in [2.24, 2.45) is 5.10 Å². The molecule has 2 aromatic carbocycles. The maximum absolute atomic E-state index is 12.7. The second-order valence-electron chi connectivity index (χ2n) is 5.58. The summed E-state index contributed by atoms with van der Waals surface area (Å²) >= 11 is 1.48. The fraction of sp³-hybridized carbons (Fsp3) is 0.111. The van der Waals surface area contributed by atoms with E-state index in [4.69, 9.17) is 0 Å². The maximum Gasteiger partial charge on any atom is 0.255 e. The molecule has 1 amide bonds. The van der Waals surface area contributed by atoms with Gasteiger partial charge >= 0.3 is 0 Å². The van der Waals surface area contributed by atoms with Crippen LogP contribution in [0.25, 0.3) is 10.8 Å². The van der Waals surface area contributed by atoms with Gasteiger partial charge in [-0.05, 0) is 34.4 Å². The second-order valence-corrected chi connectivity index (χ2v) is 8.60. The van der Waals surface area contributed by atoms with Crippen molar-refractivity contribution in [3.8, 4) is 0 Å². The largest absolute Gasteiger partial charge is 0.272 e. The number of amides is 1. The van der Waals surface area contributed by atoms with E-state index in [-0.39, 0.29) is 11.4 Å². The summed E-state index contributed by atoms with van der Waals surface area (Å²) in [5.74, 6) is -0.510. The summed E-state index contributed by atoms with van der Waals surface area (Å²) in [4.78, 5) is 13.0. The molecule has 0 radical (unpaired) electrons. The number of carbonyl (C=O) groups is 1. The van der Waals surface area contributed by atoms with Crippen LogP contribution in [-0.4, -0.2) is 38.4 Å². The standard InChI is InChI=1S/C18H17N3O3S2/c1-21(13-18(22)20-19-12-16-7-4-10-25-16)26(23,24)17-9-8-14-5-2-3-6-15(14)11-17/h2-12H,13H2,1H3,(H,20,22)/b19-12+. The number of fused-ring (bicyclic) bond motifs is 1. The fourth-order valence-electron chi connectivity index (χ4n) is 2.36. The zero-order valence-electron chi connectivity index (χ0n) is 14.0. The summed E-state index contributed by atoms with van der Waals surface area (Å²) in [7, 11) is -2.40. The molecule has 0 bridgehead atoms. The number of carbonyl (C=O) groups excluding carboxylic acids is 1. The van der Waals surface area contributed by atoms with Gasteiger partial charge in [0, 0.05) is 11.9 Å². The Labute approximate surface area is 155 Å². The van der Waals surface area contributed by atoms with Crippen LogP contribution in [0.3, 0.4) is 0 Å². The van der Waals surface area contributed by atoms with Gasteiger partial charge in [0.05, 0.1) is 17.7 Å². The number of likely N-dealkylation sites (N-methyl/N-ethyl adjacent to an activating group) is 1. The van der Waals surface area contributed by atoms with Crippen LogP contribution in [0.5, 0.6) is 0 Å². The summed E-state index contributed by atoms with van der Waals surface area (Å²) in [6.45, 7) is -0.322. The maximum atomic E-state index is 12.7. The van der Waals surface area contributed by atoms with Crippen molar-refractivity contribution in [1.29, 1.82) is 0 Å². The highest BCUT2D eigenvalue weighted by molar-refractivity contribution is 7.89. The van der Waals surface area contributed by atoms with Gasteiger partial charge in [-0.1, -0.05) is 36.4 Å². The second kappa shape index (κ2) is 7.77. The molecule has 0 aliphatic carbocycles. The van der Waals surface area contributed by atoms with Crippen LogP contribution < -0.4 is 5.43 Å². The topological polar surface area (TPSA) is 78.8 Å². The van der Waals surface area contributed by atoms with Crippen LogP contribution >= 0.6 is 11.3 Å². The summed E-state index contributed by atoms with van der Waals surface area (Å²) in [5.41, 5.74) is 2.34. The molecular formula is C18H17N3O3S2. The molecule has 134 valence electrons. The van der Waals surface area contributed by atoms with E-state index in [1.54, 1.807) is 18.2 Å². The van der Waals surface area contributed by atoms with Crippen LogP contribution in [-0.2, 0) is 14.8 Å². The minimum atomic E-state index is -3.77. The predicted molar refractivity (Wildman–Crippen MR) is 104 cm³/mol. The Kier molecular flexibility index (Phi) is 5.46. The average molecular weight is 387 g/mol. The SMILES string of the molecule is CN(CC(=O)N/N=C/c1cccs1)S(=O)(=O)c1ccc2ccccc2c1. The number of hydrogen-bond acceptors (Lipinski definition) is 5. The number of sulfonamides is 1. The minimum Gasteiger partial charge on any atom is -0.272 e. The molecule has 1 N–H and O–H groups in total. The van der Waals surface area contributed by atoms with Crippen molar-refractivity contribution in [2.45, 2.75) is 4.90 Å². The van der Waals surface area contributed by atoms with Gasteiger partial charge in [0.2, 0.25) is 10.0 Å². The highest BCUT2D eigenvalue weighted by atomic mass is 32.2. The van der Waals surface area contributed by atoms with E-state index >= 15 is 0 Å². The first-order valence-electron chi connectivity index (χ1n) is 7.77. The zero-order valence-corrected chi connectivity index (χ0v) is 15.6. The van der Waals surface area contributed by atoms with Gasteiger partial charge in [-0.2, -0.15) is 9.41 Å². The first-order chi connectivity index (χ1) is 12.5. The van der Waals surface area contributed by atoms with Gasteiger partial charge in [0.15, 0.2) is 0 Å². The first kappa shape index (κ1) is 18.2. The lowest BCUT2D eigenvalue weighted by Gasteiger charge is -2.16. The van der Waals surface area contributed by atoms with Crippen LogP contribution in [0, 0.1) is 0 Å². The van der Waals surface area contributed by atoms with E-state index in [1.165, 1.54) is 24.6 Å². The molecular weight excluding hydrogens is 370 g/mol. The van der Waals surface area contributed by atoms with Gasteiger partial charge in [0.1, 0.15) is 0 Å². The monoisotopic (exact) mass is 387 g/mol. The van der Waals surface area contributed by atoms with Crippen molar-refractivity contribution in [3.05, 3.63) is 64.9 Å². The number of hydrogen-bond donors (Lipinski definition) is 1. The van der Waals surface area contributed by atoms with Crippen molar-refractivity contribution in [1.82, 2.24) is 9.73 Å². The molecule has 0 atom stereocenters. The molecule has 0 unspecified atom stereocenters. The molecule has 6 nitrogen and oxygen atoms in total. The van der Waals surface area contributed by atoms with Gasteiger partial charge < -0.3 is 0 Å². The Bertz CT molecular complexity index is 1040. The van der Waals surface area contributed by atoms with Gasteiger partial charge in [-0.3, -0.25) is 4.79 Å². The lowest BCUT2D eigenvalue weighted by Crippen LogP contribution is -2.36. The van der Waals surface area contributed by atoms with Crippen LogP contribution in [0.15, 0.2) is 70.0 Å². The number of hydrazone groups is 1. The fourth-order valence-corrected chi connectivity index (χ4v) is 4.11. The summed E-state index contributed by atoms with van der Waals surface area (Å²) in [6, 6.07) is 16.1. The molecule has 0 aliphatic rings. The Morgan fingerprint density at radius 2 is 1.92 bits per heavy atom. The molecule has 0 saturated carbocycles. The summed E-state index contributed by atoms with van der Waals surface area (Å²) < 4.78 is 26.4. The third-order valence-electron chi connectivity index (χ3n) is 3.72. The van der Waals surface area contributed by atoms with Crippen molar-refractivity contribution >= 4 is 44.3 Å². The third kappa shape index (κ3) is 4.16. The molecule has 8 heteroatoms. The molecule has 1 heterocycles. The zero-order chi connectivity index (χ0) is 18.6. The number of nitrogens with one attached hydrogen (secondary N) is 1. The van der Waals surface area contributed by atoms with E-state index < -0.39 is 15.9 Å². The van der Waals surface area contributed by atoms with Crippen molar-refractivity contribution < 1.29 is 13.2 Å². The Morgan fingerprint density at radius 3 is 2.65 bits per heavy atom. The number of thiophene rings is 1. The Balaban J connectivity index is 1.68. The van der Waals surface area contributed by atoms with Crippen molar-refractivity contribution in [3.63, 3.8) is 0 Å². The molecule has 0 fully saturated rings. The summed E-state index contributed by atoms with van der Waals surface area (Å²) in [5, 5.41) is 7.50.